The lowest BCUT2D eigenvalue weighted by atomic mass is 9.81. The highest BCUT2D eigenvalue weighted by atomic mass is 16.5. The standard InChI is InChI=1S/C29H30N2O3/c1-20(2)31-16-14-29(15-17-31)19-26(32)25-18-23(12-13-27(25)34-29)21-8-10-22(11-9-21)28(33)30-24-6-4-3-5-7-24/h3-13,18,20H,14-17,19H2,1-2H3,(H,30,33). The minimum absolute atomic E-state index is 0.152. The second kappa shape index (κ2) is 9.07. The van der Waals surface area contributed by atoms with Gasteiger partial charge in [0.15, 0.2) is 5.78 Å². The van der Waals surface area contributed by atoms with Crippen molar-refractivity contribution in [3.63, 3.8) is 0 Å². The Balaban J connectivity index is 1.31. The van der Waals surface area contributed by atoms with E-state index in [0.29, 0.717) is 29.3 Å². The van der Waals surface area contributed by atoms with Gasteiger partial charge in [0, 0.05) is 43.2 Å². The third-order valence-corrected chi connectivity index (χ3v) is 7.04. The molecule has 2 heterocycles. The average molecular weight is 455 g/mol. The van der Waals surface area contributed by atoms with Gasteiger partial charge in [-0.2, -0.15) is 0 Å². The van der Waals surface area contributed by atoms with Gasteiger partial charge in [-0.3, -0.25) is 9.59 Å². The Morgan fingerprint density at radius 1 is 0.941 bits per heavy atom. The molecule has 0 aliphatic carbocycles. The molecule has 174 valence electrons. The van der Waals surface area contributed by atoms with Crippen LogP contribution in [-0.4, -0.2) is 41.3 Å². The maximum atomic E-state index is 13.1. The monoisotopic (exact) mass is 454 g/mol. The highest BCUT2D eigenvalue weighted by Gasteiger charge is 2.43. The van der Waals surface area contributed by atoms with E-state index in [2.05, 4.69) is 24.1 Å². The first-order chi connectivity index (χ1) is 16.4. The Morgan fingerprint density at radius 2 is 1.62 bits per heavy atom. The summed E-state index contributed by atoms with van der Waals surface area (Å²) >= 11 is 0. The number of piperidine rings is 1. The van der Waals surface area contributed by atoms with Gasteiger partial charge in [0.25, 0.3) is 5.91 Å². The van der Waals surface area contributed by atoms with E-state index in [9.17, 15) is 9.59 Å². The number of carbonyl (C=O) groups excluding carboxylic acids is 2. The molecule has 3 aromatic carbocycles. The number of hydrogen-bond donors (Lipinski definition) is 1. The topological polar surface area (TPSA) is 58.6 Å². The summed E-state index contributed by atoms with van der Waals surface area (Å²) in [5, 5.41) is 2.90. The van der Waals surface area contributed by atoms with Crippen LogP contribution in [-0.2, 0) is 0 Å². The second-order valence-corrected chi connectivity index (χ2v) is 9.62. The van der Waals surface area contributed by atoms with Crippen LogP contribution in [0.5, 0.6) is 5.75 Å². The number of hydrogen-bond acceptors (Lipinski definition) is 4. The molecule has 5 rings (SSSR count). The summed E-state index contributed by atoms with van der Waals surface area (Å²) in [4.78, 5) is 28.1. The molecule has 0 unspecified atom stereocenters. The van der Waals surface area contributed by atoms with Crippen LogP contribution in [0, 0.1) is 0 Å². The van der Waals surface area contributed by atoms with Crippen LogP contribution in [0.15, 0.2) is 72.8 Å². The lowest BCUT2D eigenvalue weighted by Crippen LogP contribution is -2.52. The predicted molar refractivity (Wildman–Crippen MR) is 135 cm³/mol. The number of Topliss-reactive ketones (excluding diaryl/α,β-unsaturated/α-hetero) is 1. The van der Waals surface area contributed by atoms with Crippen molar-refractivity contribution in [3.8, 4) is 16.9 Å². The molecule has 1 N–H and O–H groups in total. The molecule has 3 aromatic rings. The average Bonchev–Trinajstić information content (AvgIpc) is 2.85. The maximum Gasteiger partial charge on any atom is 0.255 e. The molecule has 5 nitrogen and oxygen atoms in total. The van der Waals surface area contributed by atoms with Crippen molar-refractivity contribution in [2.24, 2.45) is 0 Å². The summed E-state index contributed by atoms with van der Waals surface area (Å²) in [6, 6.07) is 23.2. The van der Waals surface area contributed by atoms with Gasteiger partial charge in [-0.15, -0.1) is 0 Å². The summed E-state index contributed by atoms with van der Waals surface area (Å²) < 4.78 is 6.46. The molecule has 0 saturated carbocycles. The zero-order valence-corrected chi connectivity index (χ0v) is 19.7. The number of amides is 1. The van der Waals surface area contributed by atoms with Gasteiger partial charge < -0.3 is 15.0 Å². The summed E-state index contributed by atoms with van der Waals surface area (Å²) in [7, 11) is 0. The molecular formula is C29H30N2O3. The highest BCUT2D eigenvalue weighted by Crippen LogP contribution is 2.41. The van der Waals surface area contributed by atoms with Gasteiger partial charge in [-0.05, 0) is 61.4 Å². The lowest BCUT2D eigenvalue weighted by Gasteiger charge is -2.45. The van der Waals surface area contributed by atoms with Crippen LogP contribution < -0.4 is 10.1 Å². The molecule has 0 atom stereocenters. The fourth-order valence-electron chi connectivity index (χ4n) is 4.94. The SMILES string of the molecule is CC(C)N1CCC2(CC1)CC(=O)c1cc(-c3ccc(C(=O)Nc4ccccc4)cc3)ccc1O2. The predicted octanol–water partition coefficient (Wildman–Crippen LogP) is 5.81. The lowest BCUT2D eigenvalue weighted by molar-refractivity contribution is -0.0153. The van der Waals surface area contributed by atoms with Crippen LogP contribution in [0.1, 0.15) is 53.8 Å². The maximum absolute atomic E-state index is 13.1. The van der Waals surface area contributed by atoms with Crippen molar-refractivity contribution in [3.05, 3.63) is 83.9 Å². The number of ether oxygens (including phenoxy) is 1. The van der Waals surface area contributed by atoms with Crippen LogP contribution >= 0.6 is 0 Å². The first kappa shape index (κ1) is 22.4. The number of anilines is 1. The van der Waals surface area contributed by atoms with Crippen LogP contribution in [0.2, 0.25) is 0 Å². The number of nitrogens with one attached hydrogen (secondary N) is 1. The molecule has 0 bridgehead atoms. The number of likely N-dealkylation sites (tertiary alicyclic amines) is 1. The van der Waals surface area contributed by atoms with Gasteiger partial charge in [0.05, 0.1) is 12.0 Å². The smallest absolute Gasteiger partial charge is 0.255 e. The van der Waals surface area contributed by atoms with Crippen molar-refractivity contribution >= 4 is 17.4 Å². The molecule has 1 fully saturated rings. The Kier molecular flexibility index (Phi) is 5.96. The van der Waals surface area contributed by atoms with E-state index in [1.807, 2.05) is 72.8 Å². The van der Waals surface area contributed by atoms with E-state index in [0.717, 1.165) is 42.7 Å². The van der Waals surface area contributed by atoms with E-state index < -0.39 is 0 Å². The molecule has 34 heavy (non-hydrogen) atoms. The van der Waals surface area contributed by atoms with Crippen LogP contribution in [0.4, 0.5) is 5.69 Å². The summed E-state index contributed by atoms with van der Waals surface area (Å²) in [6.07, 6.45) is 2.20. The number of rotatable bonds is 4. The van der Waals surface area contributed by atoms with Crippen molar-refractivity contribution in [2.75, 3.05) is 18.4 Å². The van der Waals surface area contributed by atoms with Gasteiger partial charge in [0.2, 0.25) is 0 Å². The Morgan fingerprint density at radius 3 is 2.29 bits per heavy atom. The number of ketones is 1. The highest BCUT2D eigenvalue weighted by molar-refractivity contribution is 6.04. The number of nitrogens with zero attached hydrogens (tertiary/aromatic N) is 1. The number of carbonyl (C=O) groups is 2. The van der Waals surface area contributed by atoms with Crippen molar-refractivity contribution in [1.29, 1.82) is 0 Å². The number of para-hydroxylation sites is 1. The third-order valence-electron chi connectivity index (χ3n) is 7.04. The normalized spacial score (nSPS) is 17.3. The number of benzene rings is 3. The molecule has 0 aromatic heterocycles. The van der Waals surface area contributed by atoms with Gasteiger partial charge in [-0.25, -0.2) is 0 Å². The van der Waals surface area contributed by atoms with Gasteiger partial charge in [-0.1, -0.05) is 36.4 Å². The molecule has 1 spiro atoms. The third kappa shape index (κ3) is 4.48. The summed E-state index contributed by atoms with van der Waals surface area (Å²) in [5.74, 6) is 0.692. The van der Waals surface area contributed by atoms with Crippen molar-refractivity contribution < 1.29 is 14.3 Å². The summed E-state index contributed by atoms with van der Waals surface area (Å²) in [5.41, 5.74) is 3.52. The Bertz CT molecular complexity index is 1190. The number of fused-ring (bicyclic) bond motifs is 1. The minimum Gasteiger partial charge on any atom is -0.486 e. The van der Waals surface area contributed by atoms with Crippen LogP contribution in [0.25, 0.3) is 11.1 Å². The van der Waals surface area contributed by atoms with Gasteiger partial charge >= 0.3 is 0 Å². The molecule has 5 heteroatoms. The quantitative estimate of drug-likeness (QED) is 0.540. The molecule has 0 radical (unpaired) electrons. The second-order valence-electron chi connectivity index (χ2n) is 9.62. The Labute approximate surface area is 200 Å². The largest absolute Gasteiger partial charge is 0.486 e. The fraction of sp³-hybridized carbons (Fsp3) is 0.310. The molecular weight excluding hydrogens is 424 g/mol. The van der Waals surface area contributed by atoms with E-state index in [-0.39, 0.29) is 17.3 Å². The first-order valence-electron chi connectivity index (χ1n) is 12.0. The van der Waals surface area contributed by atoms with Gasteiger partial charge in [0.1, 0.15) is 11.4 Å². The van der Waals surface area contributed by atoms with Crippen molar-refractivity contribution in [2.45, 2.75) is 44.8 Å². The fourth-order valence-corrected chi connectivity index (χ4v) is 4.94. The first-order valence-corrected chi connectivity index (χ1v) is 12.0. The molecule has 2 aliphatic rings. The van der Waals surface area contributed by atoms with Crippen LogP contribution in [0.3, 0.4) is 0 Å². The van der Waals surface area contributed by atoms with E-state index in [1.54, 1.807) is 0 Å². The molecule has 2 aliphatic heterocycles. The molecule has 1 saturated heterocycles. The van der Waals surface area contributed by atoms with E-state index >= 15 is 0 Å². The zero-order valence-electron chi connectivity index (χ0n) is 19.7. The minimum atomic E-state index is -0.370. The zero-order chi connectivity index (χ0) is 23.7. The Hall–Kier alpha value is -3.44. The molecule has 1 amide bonds. The van der Waals surface area contributed by atoms with E-state index in [1.165, 1.54) is 0 Å². The summed E-state index contributed by atoms with van der Waals surface area (Å²) in [6.45, 7) is 6.35. The van der Waals surface area contributed by atoms with E-state index in [4.69, 9.17) is 4.74 Å². The van der Waals surface area contributed by atoms with Crippen molar-refractivity contribution in [1.82, 2.24) is 4.90 Å².